The summed E-state index contributed by atoms with van der Waals surface area (Å²) < 4.78 is 5.49. The molecule has 2 aliphatic rings. The first-order valence-electron chi connectivity index (χ1n) is 9.61. The zero-order chi connectivity index (χ0) is 18.1. The van der Waals surface area contributed by atoms with Gasteiger partial charge in [-0.25, -0.2) is 0 Å². The number of benzene rings is 1. The Kier molecular flexibility index (Phi) is 5.86. The molecule has 2 fully saturated rings. The largest absolute Gasteiger partial charge is 0.339 e. The summed E-state index contributed by atoms with van der Waals surface area (Å²) in [6.45, 7) is 2.74. The molecule has 0 radical (unpaired) electrons. The molecule has 1 atom stereocenters. The van der Waals surface area contributed by atoms with Crippen molar-refractivity contribution in [3.05, 3.63) is 41.5 Å². The minimum atomic E-state index is -0.459. The van der Waals surface area contributed by atoms with Gasteiger partial charge in [-0.05, 0) is 37.0 Å². The highest BCUT2D eigenvalue weighted by molar-refractivity contribution is 5.96. The van der Waals surface area contributed by atoms with E-state index in [2.05, 4.69) is 29.2 Å². The van der Waals surface area contributed by atoms with Crippen LogP contribution in [-0.2, 0) is 16.8 Å². The quantitative estimate of drug-likeness (QED) is 0.841. The number of nitrogens with zero attached hydrogens (tertiary/aromatic N) is 3. The molecular formula is C20H27ClN4O2. The summed E-state index contributed by atoms with van der Waals surface area (Å²) in [5, 5.41) is 4.13. The van der Waals surface area contributed by atoms with Crippen LogP contribution in [0, 0.1) is 0 Å². The van der Waals surface area contributed by atoms with Crippen LogP contribution in [-0.4, -0.2) is 22.6 Å². The van der Waals surface area contributed by atoms with Gasteiger partial charge in [0.15, 0.2) is 5.82 Å². The zero-order valence-corrected chi connectivity index (χ0v) is 16.5. The molecule has 1 saturated carbocycles. The van der Waals surface area contributed by atoms with Crippen LogP contribution in [0.15, 0.2) is 28.8 Å². The fraction of sp³-hybridized carbons (Fsp3) is 0.550. The number of carbonyl (C=O) groups excluding carboxylic acids is 1. The van der Waals surface area contributed by atoms with Crippen molar-refractivity contribution >= 4 is 24.0 Å². The second-order valence-corrected chi connectivity index (χ2v) is 7.64. The highest BCUT2D eigenvalue weighted by atomic mass is 35.5. The fourth-order valence-electron chi connectivity index (χ4n) is 4.09. The molecule has 1 saturated heterocycles. The number of hydrogen-bond acceptors (Lipinski definition) is 5. The molecule has 0 spiro atoms. The highest BCUT2D eigenvalue weighted by Crippen LogP contribution is 2.36. The van der Waals surface area contributed by atoms with Crippen molar-refractivity contribution in [2.75, 3.05) is 11.4 Å². The Morgan fingerprint density at radius 3 is 2.63 bits per heavy atom. The topological polar surface area (TPSA) is 85.2 Å². The number of amides is 1. The third kappa shape index (κ3) is 3.87. The smallest absolute Gasteiger partial charge is 0.232 e. The van der Waals surface area contributed by atoms with Gasteiger partial charge in [0.2, 0.25) is 11.8 Å². The van der Waals surface area contributed by atoms with E-state index < -0.39 is 5.54 Å². The standard InChI is InChI=1S/C20H26N4O2.ClH/c1-2-5-14-6-8-16(9-7-14)24-13-15(12-17(24)25)18-22-19(23-26-18)20(21)10-3-4-11-20;/h6-9,15H,2-5,10-13,21H2,1H3;1H. The number of nitrogens with two attached hydrogens (primary N) is 1. The van der Waals surface area contributed by atoms with Crippen LogP contribution in [0.1, 0.15) is 68.6 Å². The zero-order valence-electron chi connectivity index (χ0n) is 15.7. The predicted molar refractivity (Wildman–Crippen MR) is 106 cm³/mol. The second kappa shape index (κ2) is 7.98. The maximum Gasteiger partial charge on any atom is 0.232 e. The Morgan fingerprint density at radius 2 is 1.96 bits per heavy atom. The number of rotatable bonds is 5. The van der Waals surface area contributed by atoms with Crippen LogP contribution in [0.5, 0.6) is 0 Å². The lowest BCUT2D eigenvalue weighted by Gasteiger charge is -2.18. The fourth-order valence-corrected chi connectivity index (χ4v) is 4.09. The summed E-state index contributed by atoms with van der Waals surface area (Å²) in [6, 6.07) is 8.25. The normalized spacial score (nSPS) is 21.5. The van der Waals surface area contributed by atoms with Crippen molar-refractivity contribution < 1.29 is 9.32 Å². The number of hydrogen-bond donors (Lipinski definition) is 1. The molecule has 7 heteroatoms. The van der Waals surface area contributed by atoms with Gasteiger partial charge in [0.05, 0.1) is 11.5 Å². The first kappa shape index (κ1) is 19.8. The summed E-state index contributed by atoms with van der Waals surface area (Å²) in [5.41, 5.74) is 8.19. The van der Waals surface area contributed by atoms with Crippen LogP contribution in [0.25, 0.3) is 0 Å². The molecule has 27 heavy (non-hydrogen) atoms. The molecule has 4 rings (SSSR count). The molecule has 1 amide bonds. The van der Waals surface area contributed by atoms with Crippen LogP contribution < -0.4 is 10.6 Å². The molecular weight excluding hydrogens is 364 g/mol. The van der Waals surface area contributed by atoms with E-state index in [0.29, 0.717) is 24.7 Å². The summed E-state index contributed by atoms with van der Waals surface area (Å²) in [5.74, 6) is 1.17. The molecule has 1 aromatic heterocycles. The Labute approximate surface area is 165 Å². The number of anilines is 1. The Morgan fingerprint density at radius 1 is 1.26 bits per heavy atom. The maximum absolute atomic E-state index is 12.5. The lowest BCUT2D eigenvalue weighted by molar-refractivity contribution is -0.117. The van der Waals surface area contributed by atoms with E-state index in [1.165, 1.54) is 5.56 Å². The average molecular weight is 391 g/mol. The van der Waals surface area contributed by atoms with Gasteiger partial charge in [0, 0.05) is 18.7 Å². The number of halogens is 1. The van der Waals surface area contributed by atoms with Gasteiger partial charge in [-0.1, -0.05) is 43.5 Å². The average Bonchev–Trinajstić information content (AvgIpc) is 3.36. The lowest BCUT2D eigenvalue weighted by Crippen LogP contribution is -2.34. The van der Waals surface area contributed by atoms with Gasteiger partial charge in [-0.3, -0.25) is 4.79 Å². The van der Waals surface area contributed by atoms with Gasteiger partial charge in [0.1, 0.15) is 0 Å². The first-order chi connectivity index (χ1) is 12.6. The number of carbonyl (C=O) groups is 1. The molecule has 0 bridgehead atoms. The molecule has 146 valence electrons. The summed E-state index contributed by atoms with van der Waals surface area (Å²) in [4.78, 5) is 18.9. The summed E-state index contributed by atoms with van der Waals surface area (Å²) >= 11 is 0. The van der Waals surface area contributed by atoms with Crippen LogP contribution in [0.4, 0.5) is 5.69 Å². The minimum absolute atomic E-state index is 0. The van der Waals surface area contributed by atoms with Gasteiger partial charge >= 0.3 is 0 Å². The Balaban J connectivity index is 0.00000210. The van der Waals surface area contributed by atoms with Crippen molar-refractivity contribution in [3.63, 3.8) is 0 Å². The number of aryl methyl sites for hydroxylation is 1. The van der Waals surface area contributed by atoms with Gasteiger partial charge < -0.3 is 15.2 Å². The minimum Gasteiger partial charge on any atom is -0.339 e. The van der Waals surface area contributed by atoms with E-state index in [-0.39, 0.29) is 24.2 Å². The van der Waals surface area contributed by atoms with E-state index in [1.54, 1.807) is 0 Å². The third-order valence-corrected chi connectivity index (χ3v) is 5.64. The summed E-state index contributed by atoms with van der Waals surface area (Å²) in [7, 11) is 0. The van der Waals surface area contributed by atoms with Gasteiger partial charge in [-0.2, -0.15) is 4.98 Å². The van der Waals surface area contributed by atoms with E-state index in [4.69, 9.17) is 10.3 Å². The Hall–Kier alpha value is -1.92. The van der Waals surface area contributed by atoms with Gasteiger partial charge in [-0.15, -0.1) is 12.4 Å². The third-order valence-electron chi connectivity index (χ3n) is 5.64. The second-order valence-electron chi connectivity index (χ2n) is 7.64. The first-order valence-corrected chi connectivity index (χ1v) is 9.61. The van der Waals surface area contributed by atoms with Gasteiger partial charge in [0.25, 0.3) is 0 Å². The Bertz CT molecular complexity index is 784. The van der Waals surface area contributed by atoms with Crippen molar-refractivity contribution in [1.29, 1.82) is 0 Å². The van der Waals surface area contributed by atoms with E-state index in [9.17, 15) is 4.79 Å². The molecule has 2 heterocycles. The van der Waals surface area contributed by atoms with Crippen LogP contribution in [0.3, 0.4) is 0 Å². The van der Waals surface area contributed by atoms with Crippen LogP contribution >= 0.6 is 12.4 Å². The molecule has 2 N–H and O–H groups in total. The molecule has 1 aliphatic carbocycles. The summed E-state index contributed by atoms with van der Waals surface area (Å²) in [6.07, 6.45) is 6.57. The van der Waals surface area contributed by atoms with E-state index in [1.807, 2.05) is 17.0 Å². The van der Waals surface area contributed by atoms with Crippen molar-refractivity contribution in [3.8, 4) is 0 Å². The molecule has 6 nitrogen and oxygen atoms in total. The SMILES string of the molecule is CCCc1ccc(N2CC(c3nc(C4(N)CCCC4)no3)CC2=O)cc1.Cl. The highest BCUT2D eigenvalue weighted by Gasteiger charge is 2.39. The van der Waals surface area contributed by atoms with E-state index in [0.717, 1.165) is 44.2 Å². The van der Waals surface area contributed by atoms with Crippen LogP contribution in [0.2, 0.25) is 0 Å². The molecule has 1 aromatic carbocycles. The molecule has 1 aliphatic heterocycles. The molecule has 2 aromatic rings. The lowest BCUT2D eigenvalue weighted by atomic mass is 9.98. The van der Waals surface area contributed by atoms with Crippen molar-refractivity contribution in [2.45, 2.75) is 63.3 Å². The van der Waals surface area contributed by atoms with Crippen molar-refractivity contribution in [1.82, 2.24) is 10.1 Å². The molecule has 1 unspecified atom stereocenters. The van der Waals surface area contributed by atoms with E-state index >= 15 is 0 Å². The predicted octanol–water partition coefficient (Wildman–Crippen LogP) is 3.69. The number of aromatic nitrogens is 2. The monoisotopic (exact) mass is 390 g/mol. The van der Waals surface area contributed by atoms with Crippen molar-refractivity contribution in [2.24, 2.45) is 5.73 Å². The maximum atomic E-state index is 12.5.